The lowest BCUT2D eigenvalue weighted by molar-refractivity contribution is -0.138. The van der Waals surface area contributed by atoms with Gasteiger partial charge >= 0.3 is 5.97 Å². The van der Waals surface area contributed by atoms with Crippen LogP contribution in [-0.2, 0) is 9.53 Å². The van der Waals surface area contributed by atoms with Gasteiger partial charge in [-0.2, -0.15) is 0 Å². The Bertz CT molecular complexity index is 138. The lowest BCUT2D eigenvalue weighted by atomic mass is 10.3. The molecule has 0 heterocycles. The molecule has 0 saturated heterocycles. The summed E-state index contributed by atoms with van der Waals surface area (Å²) in [6.45, 7) is 3.60. The van der Waals surface area contributed by atoms with Gasteiger partial charge < -0.3 is 9.84 Å². The Labute approximate surface area is 60.3 Å². The lowest BCUT2D eigenvalue weighted by Gasteiger charge is -1.99. The minimum absolute atomic E-state index is 0.120. The average Bonchev–Trinajstić information content (AvgIpc) is 1.89. The molecule has 0 aliphatic rings. The van der Waals surface area contributed by atoms with Crippen molar-refractivity contribution in [3.8, 4) is 0 Å². The fourth-order valence-corrected chi connectivity index (χ4v) is 0.465. The maximum Gasteiger partial charge on any atom is 0.333 e. The summed E-state index contributed by atoms with van der Waals surface area (Å²) in [5.74, 6) is -0.364. The fourth-order valence-electron chi connectivity index (χ4n) is 0.465. The van der Waals surface area contributed by atoms with Gasteiger partial charge in [0.2, 0.25) is 0 Å². The molecule has 3 heteroatoms. The van der Waals surface area contributed by atoms with E-state index < -0.39 is 0 Å². The Hall–Kier alpha value is -0.830. The van der Waals surface area contributed by atoms with Crippen molar-refractivity contribution < 1.29 is 14.6 Å². The molecule has 0 aromatic heterocycles. The van der Waals surface area contributed by atoms with E-state index in [-0.39, 0.29) is 12.6 Å². The smallest absolute Gasteiger partial charge is 0.333 e. The van der Waals surface area contributed by atoms with Crippen molar-refractivity contribution in [1.29, 1.82) is 0 Å². The Balaban J connectivity index is 3.82. The predicted octanol–water partition coefficient (Wildman–Crippen LogP) is 0.488. The van der Waals surface area contributed by atoms with Gasteiger partial charge in [0, 0.05) is 5.57 Å². The molecule has 0 unspecified atom stereocenters. The highest BCUT2D eigenvalue weighted by Crippen LogP contribution is 1.94. The molecule has 0 atom stereocenters. The molecule has 0 fully saturated rings. The topological polar surface area (TPSA) is 46.5 Å². The third-order valence-corrected chi connectivity index (χ3v) is 0.995. The van der Waals surface area contributed by atoms with Gasteiger partial charge in [-0.25, -0.2) is 4.79 Å². The molecule has 0 bridgehead atoms. The van der Waals surface area contributed by atoms with Gasteiger partial charge in [0.05, 0.1) is 13.2 Å². The number of hydrogen-bond acceptors (Lipinski definition) is 3. The third kappa shape index (κ3) is 3.25. The SMILES string of the molecule is CCOC(=O)C(C)=CCO. The van der Waals surface area contributed by atoms with Crippen LogP contribution in [0, 0.1) is 0 Å². The van der Waals surface area contributed by atoms with Gasteiger partial charge in [-0.15, -0.1) is 0 Å². The number of rotatable bonds is 3. The summed E-state index contributed by atoms with van der Waals surface area (Å²) in [6.07, 6.45) is 1.41. The lowest BCUT2D eigenvalue weighted by Crippen LogP contribution is -2.05. The second-order valence-electron chi connectivity index (χ2n) is 1.79. The Kier molecular flexibility index (Phi) is 4.58. The molecule has 0 aliphatic carbocycles. The zero-order chi connectivity index (χ0) is 7.98. The van der Waals surface area contributed by atoms with Crippen LogP contribution < -0.4 is 0 Å². The Morgan fingerprint density at radius 2 is 2.30 bits per heavy atom. The summed E-state index contributed by atoms with van der Waals surface area (Å²) in [6, 6.07) is 0. The number of aliphatic hydroxyl groups excluding tert-OH is 1. The molecule has 0 aromatic carbocycles. The molecule has 0 radical (unpaired) electrons. The summed E-state index contributed by atoms with van der Waals surface area (Å²) in [5, 5.41) is 8.37. The van der Waals surface area contributed by atoms with Crippen LogP contribution in [0.3, 0.4) is 0 Å². The quantitative estimate of drug-likeness (QED) is 0.463. The standard InChI is InChI=1S/C7H12O3/c1-3-10-7(9)6(2)4-5-8/h4,8H,3,5H2,1-2H3. The third-order valence-electron chi connectivity index (χ3n) is 0.995. The zero-order valence-corrected chi connectivity index (χ0v) is 6.26. The summed E-state index contributed by atoms with van der Waals surface area (Å²) in [5.41, 5.74) is 0.448. The van der Waals surface area contributed by atoms with E-state index in [0.717, 1.165) is 0 Å². The van der Waals surface area contributed by atoms with Gasteiger partial charge in [-0.1, -0.05) is 0 Å². The average molecular weight is 144 g/mol. The molecule has 0 aliphatic heterocycles. The van der Waals surface area contributed by atoms with E-state index in [1.54, 1.807) is 13.8 Å². The van der Waals surface area contributed by atoms with E-state index >= 15 is 0 Å². The zero-order valence-electron chi connectivity index (χ0n) is 6.26. The molecule has 0 amide bonds. The molecule has 0 saturated carbocycles. The Morgan fingerprint density at radius 1 is 1.70 bits per heavy atom. The molecule has 0 aromatic rings. The van der Waals surface area contributed by atoms with Gasteiger partial charge in [0.25, 0.3) is 0 Å². The van der Waals surface area contributed by atoms with Crippen LogP contribution in [0.15, 0.2) is 11.6 Å². The van der Waals surface area contributed by atoms with E-state index in [0.29, 0.717) is 12.2 Å². The van der Waals surface area contributed by atoms with Crippen LogP contribution in [0.4, 0.5) is 0 Å². The molecule has 0 spiro atoms. The van der Waals surface area contributed by atoms with Crippen molar-refractivity contribution in [3.05, 3.63) is 11.6 Å². The van der Waals surface area contributed by atoms with Crippen molar-refractivity contribution in [3.63, 3.8) is 0 Å². The second-order valence-corrected chi connectivity index (χ2v) is 1.79. The van der Waals surface area contributed by atoms with Crippen molar-refractivity contribution in [2.75, 3.05) is 13.2 Å². The van der Waals surface area contributed by atoms with Gasteiger partial charge in [-0.3, -0.25) is 0 Å². The van der Waals surface area contributed by atoms with Crippen LogP contribution >= 0.6 is 0 Å². The first-order valence-electron chi connectivity index (χ1n) is 3.17. The molecule has 3 nitrogen and oxygen atoms in total. The van der Waals surface area contributed by atoms with E-state index in [1.165, 1.54) is 6.08 Å². The van der Waals surface area contributed by atoms with Crippen molar-refractivity contribution in [1.82, 2.24) is 0 Å². The number of carbonyl (C=O) groups excluding carboxylic acids is 1. The van der Waals surface area contributed by atoms with E-state index in [4.69, 9.17) is 5.11 Å². The van der Waals surface area contributed by atoms with Crippen molar-refractivity contribution in [2.24, 2.45) is 0 Å². The van der Waals surface area contributed by atoms with Crippen LogP contribution in [0.5, 0.6) is 0 Å². The first-order valence-corrected chi connectivity index (χ1v) is 3.17. The maximum absolute atomic E-state index is 10.7. The van der Waals surface area contributed by atoms with Crippen LogP contribution in [0.25, 0.3) is 0 Å². The van der Waals surface area contributed by atoms with Crippen LogP contribution in [0.2, 0.25) is 0 Å². The normalized spacial score (nSPS) is 11.3. The number of carbonyl (C=O) groups is 1. The highest BCUT2D eigenvalue weighted by atomic mass is 16.5. The molecule has 10 heavy (non-hydrogen) atoms. The number of esters is 1. The predicted molar refractivity (Wildman–Crippen MR) is 37.5 cm³/mol. The molecule has 0 rings (SSSR count). The first-order chi connectivity index (χ1) is 4.72. The summed E-state index contributed by atoms with van der Waals surface area (Å²) in [4.78, 5) is 10.7. The van der Waals surface area contributed by atoms with E-state index in [9.17, 15) is 4.79 Å². The van der Waals surface area contributed by atoms with Gasteiger partial charge in [0.15, 0.2) is 0 Å². The van der Waals surface area contributed by atoms with Crippen molar-refractivity contribution >= 4 is 5.97 Å². The first kappa shape index (κ1) is 9.17. The van der Waals surface area contributed by atoms with Crippen LogP contribution in [-0.4, -0.2) is 24.3 Å². The largest absolute Gasteiger partial charge is 0.463 e. The van der Waals surface area contributed by atoms with Gasteiger partial charge in [0.1, 0.15) is 0 Å². The summed E-state index contributed by atoms with van der Waals surface area (Å²) in [7, 11) is 0. The van der Waals surface area contributed by atoms with Crippen molar-refractivity contribution in [2.45, 2.75) is 13.8 Å². The highest BCUT2D eigenvalue weighted by molar-refractivity contribution is 5.87. The Morgan fingerprint density at radius 3 is 2.70 bits per heavy atom. The minimum atomic E-state index is -0.364. The second kappa shape index (κ2) is 4.99. The number of ether oxygens (including phenoxy) is 1. The molecular formula is C7H12O3. The fraction of sp³-hybridized carbons (Fsp3) is 0.571. The highest BCUT2D eigenvalue weighted by Gasteiger charge is 2.01. The molecular weight excluding hydrogens is 132 g/mol. The number of aliphatic hydroxyl groups is 1. The monoisotopic (exact) mass is 144 g/mol. The maximum atomic E-state index is 10.7. The molecule has 58 valence electrons. The number of hydrogen-bond donors (Lipinski definition) is 1. The summed E-state index contributed by atoms with van der Waals surface area (Å²) < 4.78 is 4.64. The van der Waals surface area contributed by atoms with Gasteiger partial charge in [-0.05, 0) is 19.9 Å². The summed E-state index contributed by atoms with van der Waals surface area (Å²) >= 11 is 0. The van der Waals surface area contributed by atoms with E-state index in [1.807, 2.05) is 0 Å². The molecule has 1 N–H and O–H groups in total. The van der Waals surface area contributed by atoms with E-state index in [2.05, 4.69) is 4.74 Å². The van der Waals surface area contributed by atoms with Crippen LogP contribution in [0.1, 0.15) is 13.8 Å². The minimum Gasteiger partial charge on any atom is -0.463 e.